The molecule has 8 nitrogen and oxygen atoms in total. The number of amides is 1. The molecule has 0 aliphatic carbocycles. The first-order chi connectivity index (χ1) is 19.2. The first kappa shape index (κ1) is 26.5. The van der Waals surface area contributed by atoms with Gasteiger partial charge in [-0.25, -0.2) is 9.37 Å². The number of anilines is 2. The fourth-order valence-electron chi connectivity index (χ4n) is 5.82. The second kappa shape index (κ2) is 10.1. The van der Waals surface area contributed by atoms with Gasteiger partial charge in [-0.1, -0.05) is 35.9 Å². The maximum atomic E-state index is 16.7. The van der Waals surface area contributed by atoms with Crippen LogP contribution < -0.4 is 9.80 Å². The Morgan fingerprint density at radius 1 is 1.02 bits per heavy atom. The zero-order chi connectivity index (χ0) is 28.3. The molecule has 6 rings (SSSR count). The molecular formula is C30H32ClFN6O2. The van der Waals surface area contributed by atoms with Gasteiger partial charge in [0.15, 0.2) is 5.82 Å². The van der Waals surface area contributed by atoms with Crippen molar-refractivity contribution in [2.45, 2.75) is 32.0 Å². The van der Waals surface area contributed by atoms with Gasteiger partial charge in [0.1, 0.15) is 17.1 Å². The normalized spacial score (nSPS) is 20.0. The molecule has 2 saturated heterocycles. The summed E-state index contributed by atoms with van der Waals surface area (Å²) in [6.45, 7) is 6.58. The molecule has 0 radical (unpaired) electrons. The van der Waals surface area contributed by atoms with Crippen molar-refractivity contribution in [3.05, 3.63) is 53.3 Å². The van der Waals surface area contributed by atoms with Crippen LogP contribution >= 0.6 is 11.6 Å². The number of fused-ring (bicyclic) bond motifs is 2. The zero-order valence-electron chi connectivity index (χ0n) is 23.0. The minimum Gasteiger partial charge on any atom is -0.508 e. The number of hydrogen-bond donors (Lipinski definition) is 1. The van der Waals surface area contributed by atoms with Crippen LogP contribution in [-0.4, -0.2) is 89.7 Å². The number of nitrogens with zero attached hydrogens (tertiary/aromatic N) is 6. The summed E-state index contributed by atoms with van der Waals surface area (Å²) in [5.41, 5.74) is 0.872. The highest BCUT2D eigenvalue weighted by Crippen LogP contribution is 2.43. The minimum atomic E-state index is -0.555. The van der Waals surface area contributed by atoms with E-state index in [2.05, 4.69) is 14.7 Å². The Labute approximate surface area is 237 Å². The number of halogens is 2. The van der Waals surface area contributed by atoms with Crippen molar-refractivity contribution in [2.75, 3.05) is 50.1 Å². The smallest absolute Gasteiger partial charge is 0.228 e. The molecule has 40 heavy (non-hydrogen) atoms. The third-order valence-electron chi connectivity index (χ3n) is 8.28. The van der Waals surface area contributed by atoms with Gasteiger partial charge in [-0.3, -0.25) is 4.79 Å². The molecule has 3 heterocycles. The van der Waals surface area contributed by atoms with Crippen LogP contribution in [0.1, 0.15) is 13.8 Å². The average molecular weight is 563 g/mol. The monoisotopic (exact) mass is 562 g/mol. The van der Waals surface area contributed by atoms with Gasteiger partial charge in [-0.05, 0) is 62.5 Å². The zero-order valence-corrected chi connectivity index (χ0v) is 23.7. The van der Waals surface area contributed by atoms with Crippen LogP contribution in [0.25, 0.3) is 32.8 Å². The van der Waals surface area contributed by atoms with E-state index in [1.807, 2.05) is 52.2 Å². The lowest BCUT2D eigenvalue weighted by atomic mass is 9.96. The van der Waals surface area contributed by atoms with Gasteiger partial charge in [0, 0.05) is 55.3 Å². The number of likely N-dealkylation sites (N-methyl/N-ethyl adjacent to an activating group) is 1. The molecule has 2 fully saturated rings. The van der Waals surface area contributed by atoms with Crippen molar-refractivity contribution in [1.82, 2.24) is 19.8 Å². The number of aromatic hydroxyl groups is 1. The maximum absolute atomic E-state index is 16.7. The largest absolute Gasteiger partial charge is 0.508 e. The van der Waals surface area contributed by atoms with Crippen LogP contribution in [0.3, 0.4) is 0 Å². The molecule has 2 atom stereocenters. The SMILES string of the molecule is C[C@@H]1CN(c2nc(N3CC(N(C)C)C3)nc3c(F)c(-c4cc(O)cc5ccccc45)c(Cl)cc23)[C@@H](C)CN1C=O. The number of benzene rings is 3. The summed E-state index contributed by atoms with van der Waals surface area (Å²) in [6, 6.07) is 12.7. The summed E-state index contributed by atoms with van der Waals surface area (Å²) in [4.78, 5) is 29.5. The van der Waals surface area contributed by atoms with Gasteiger partial charge >= 0.3 is 0 Å². The lowest BCUT2D eigenvalue weighted by Crippen LogP contribution is -2.58. The summed E-state index contributed by atoms with van der Waals surface area (Å²) >= 11 is 6.85. The molecule has 1 amide bonds. The molecule has 0 saturated carbocycles. The number of hydrogen-bond acceptors (Lipinski definition) is 7. The number of piperazine rings is 1. The van der Waals surface area contributed by atoms with E-state index < -0.39 is 5.82 Å². The molecule has 1 aromatic heterocycles. The number of phenolic OH excluding ortho intramolecular Hbond substituents is 1. The predicted molar refractivity (Wildman–Crippen MR) is 158 cm³/mol. The van der Waals surface area contributed by atoms with Crippen LogP contribution in [0, 0.1) is 5.82 Å². The molecule has 2 aliphatic heterocycles. The van der Waals surface area contributed by atoms with E-state index in [9.17, 15) is 9.90 Å². The quantitative estimate of drug-likeness (QED) is 0.352. The molecular weight excluding hydrogens is 531 g/mol. The molecule has 0 unspecified atom stereocenters. The number of carbonyl (C=O) groups is 1. The molecule has 0 bridgehead atoms. The first-order valence-electron chi connectivity index (χ1n) is 13.5. The van der Waals surface area contributed by atoms with Crippen molar-refractivity contribution in [1.29, 1.82) is 0 Å². The van der Waals surface area contributed by atoms with Crippen LogP contribution in [0.15, 0.2) is 42.5 Å². The lowest BCUT2D eigenvalue weighted by Gasteiger charge is -2.45. The molecule has 4 aromatic rings. The number of carbonyl (C=O) groups excluding carboxylic acids is 1. The number of aromatic nitrogens is 2. The summed E-state index contributed by atoms with van der Waals surface area (Å²) in [5.74, 6) is 0.539. The molecule has 10 heteroatoms. The summed E-state index contributed by atoms with van der Waals surface area (Å²) in [6.07, 6.45) is 0.881. The van der Waals surface area contributed by atoms with Gasteiger partial charge in [0.2, 0.25) is 12.4 Å². The van der Waals surface area contributed by atoms with Gasteiger partial charge in [-0.15, -0.1) is 0 Å². The second-order valence-electron chi connectivity index (χ2n) is 11.2. The second-order valence-corrected chi connectivity index (χ2v) is 11.6. The van der Waals surface area contributed by atoms with Gasteiger partial charge in [0.05, 0.1) is 5.02 Å². The van der Waals surface area contributed by atoms with Crippen LogP contribution in [0.5, 0.6) is 5.75 Å². The Kier molecular flexibility index (Phi) is 6.67. The third kappa shape index (κ3) is 4.37. The van der Waals surface area contributed by atoms with Crippen molar-refractivity contribution in [3.63, 3.8) is 0 Å². The van der Waals surface area contributed by atoms with E-state index in [1.54, 1.807) is 23.1 Å². The predicted octanol–water partition coefficient (Wildman–Crippen LogP) is 4.75. The lowest BCUT2D eigenvalue weighted by molar-refractivity contribution is -0.120. The Bertz CT molecular complexity index is 1630. The first-order valence-corrected chi connectivity index (χ1v) is 13.8. The number of phenols is 1. The topological polar surface area (TPSA) is 76.0 Å². The van der Waals surface area contributed by atoms with E-state index in [0.717, 1.165) is 30.3 Å². The van der Waals surface area contributed by atoms with E-state index in [1.165, 1.54) is 0 Å². The van der Waals surface area contributed by atoms with E-state index >= 15 is 4.39 Å². The Morgan fingerprint density at radius 2 is 1.77 bits per heavy atom. The minimum absolute atomic E-state index is 0.0273. The molecule has 1 N–H and O–H groups in total. The Hall–Kier alpha value is -3.69. The molecule has 0 spiro atoms. The van der Waals surface area contributed by atoms with E-state index in [4.69, 9.17) is 21.6 Å². The van der Waals surface area contributed by atoms with Crippen LogP contribution in [-0.2, 0) is 4.79 Å². The molecule has 2 aliphatic rings. The van der Waals surface area contributed by atoms with Crippen LogP contribution in [0.2, 0.25) is 5.02 Å². The van der Waals surface area contributed by atoms with Gasteiger partial charge in [0.25, 0.3) is 0 Å². The van der Waals surface area contributed by atoms with Crippen molar-refractivity contribution < 1.29 is 14.3 Å². The maximum Gasteiger partial charge on any atom is 0.228 e. The third-order valence-corrected chi connectivity index (χ3v) is 8.58. The van der Waals surface area contributed by atoms with Crippen molar-refractivity contribution in [2.24, 2.45) is 0 Å². The Balaban J connectivity index is 1.56. The van der Waals surface area contributed by atoms with Crippen molar-refractivity contribution in [3.8, 4) is 16.9 Å². The molecule has 3 aromatic carbocycles. The fourth-order valence-corrected chi connectivity index (χ4v) is 6.11. The standard InChI is InChI=1S/C30H32ClFN6O2/c1-17-13-38(18(2)12-37(17)16-39)29-24-11-25(31)26(23-10-21(40)9-19-7-5-6-8-22(19)23)27(32)28(24)33-30(34-29)36-14-20(15-36)35(3)4/h5-11,16-18,20,40H,12-15H2,1-4H3/t17-,18+/m1/s1. The summed E-state index contributed by atoms with van der Waals surface area (Å²) < 4.78 is 16.7. The highest BCUT2D eigenvalue weighted by molar-refractivity contribution is 6.35. The number of rotatable bonds is 5. The van der Waals surface area contributed by atoms with E-state index in [-0.39, 0.29) is 33.9 Å². The van der Waals surface area contributed by atoms with Crippen molar-refractivity contribution >= 4 is 51.5 Å². The van der Waals surface area contributed by atoms with Crippen LogP contribution in [0.4, 0.5) is 16.2 Å². The molecule has 208 valence electrons. The van der Waals surface area contributed by atoms with Gasteiger partial charge < -0.3 is 24.7 Å². The van der Waals surface area contributed by atoms with E-state index in [0.29, 0.717) is 41.8 Å². The summed E-state index contributed by atoms with van der Waals surface area (Å²) in [5, 5.41) is 12.8. The fraction of sp³-hybridized carbons (Fsp3) is 0.367. The Morgan fingerprint density at radius 3 is 2.50 bits per heavy atom. The highest BCUT2D eigenvalue weighted by atomic mass is 35.5. The summed E-state index contributed by atoms with van der Waals surface area (Å²) in [7, 11) is 4.08. The van der Waals surface area contributed by atoms with Gasteiger partial charge in [-0.2, -0.15) is 4.98 Å². The average Bonchev–Trinajstić information content (AvgIpc) is 2.88. The highest BCUT2D eigenvalue weighted by Gasteiger charge is 2.35.